The molecule has 0 saturated carbocycles. The van der Waals surface area contributed by atoms with Crippen molar-refractivity contribution >= 4 is 43.8 Å². The first kappa shape index (κ1) is 11.2. The van der Waals surface area contributed by atoms with E-state index in [0.717, 1.165) is 5.75 Å². The van der Waals surface area contributed by atoms with Crippen LogP contribution in [-0.4, -0.2) is 0 Å². The molecular formula is C12H14S3. The molecule has 0 aliphatic heterocycles. The molecule has 0 spiro atoms. The second-order valence-corrected chi connectivity index (χ2v) is 7.16. The zero-order valence-electron chi connectivity index (χ0n) is 9.16. The first-order valence-corrected chi connectivity index (χ1v) is 7.55. The molecule has 0 nitrogen and oxygen atoms in total. The molecular weight excluding hydrogens is 240 g/mol. The fourth-order valence-electron chi connectivity index (χ4n) is 1.35. The smallest absolute Gasteiger partial charge is 0.0456 e. The molecule has 0 aliphatic rings. The molecule has 2 aromatic rings. The number of thioether (sulfide) groups is 1. The Morgan fingerprint density at radius 1 is 1.33 bits per heavy atom. The van der Waals surface area contributed by atoms with Gasteiger partial charge in [0.2, 0.25) is 0 Å². The predicted molar refractivity (Wildman–Crippen MR) is 75.2 cm³/mol. The van der Waals surface area contributed by atoms with Crippen LogP contribution in [0.5, 0.6) is 0 Å². The molecule has 0 fully saturated rings. The molecule has 0 atom stereocenters. The molecule has 0 radical (unpaired) electrons. The minimum Gasteiger partial charge on any atom is -0.140 e. The Balaban J connectivity index is 2.12. The molecule has 0 N–H and O–H groups in total. The van der Waals surface area contributed by atoms with E-state index < -0.39 is 0 Å². The highest BCUT2D eigenvalue weighted by Gasteiger charge is 2.04. The van der Waals surface area contributed by atoms with Crippen LogP contribution >= 0.6 is 34.4 Å². The Kier molecular flexibility index (Phi) is 3.54. The summed E-state index contributed by atoms with van der Waals surface area (Å²) in [5, 5.41) is 0. The zero-order valence-corrected chi connectivity index (χ0v) is 11.6. The summed E-state index contributed by atoms with van der Waals surface area (Å²) >= 11 is 5.76. The number of allylic oxidation sites excluding steroid dienone is 2. The summed E-state index contributed by atoms with van der Waals surface area (Å²) in [4.78, 5) is 4.31. The topological polar surface area (TPSA) is 0 Å². The second kappa shape index (κ2) is 4.73. The summed E-state index contributed by atoms with van der Waals surface area (Å²) in [5.74, 6) is 1.11. The molecule has 0 aliphatic carbocycles. The lowest BCUT2D eigenvalue weighted by atomic mass is 10.4. The largest absolute Gasteiger partial charge is 0.140 e. The van der Waals surface area contributed by atoms with Crippen LogP contribution in [0.3, 0.4) is 0 Å². The Bertz CT molecular complexity index is 456. The van der Waals surface area contributed by atoms with E-state index in [1.165, 1.54) is 24.1 Å². The number of aryl methyl sites for hydroxylation is 1. The van der Waals surface area contributed by atoms with Crippen molar-refractivity contribution in [1.29, 1.82) is 0 Å². The van der Waals surface area contributed by atoms with Gasteiger partial charge in [-0.1, -0.05) is 6.08 Å². The van der Waals surface area contributed by atoms with Gasteiger partial charge in [0.15, 0.2) is 0 Å². The van der Waals surface area contributed by atoms with Crippen molar-refractivity contribution in [3.63, 3.8) is 0 Å². The maximum absolute atomic E-state index is 2.34. The van der Waals surface area contributed by atoms with Crippen molar-refractivity contribution in [1.82, 2.24) is 0 Å². The van der Waals surface area contributed by atoms with Crippen LogP contribution in [0.1, 0.15) is 23.6 Å². The highest BCUT2D eigenvalue weighted by Crippen LogP contribution is 2.35. The molecule has 0 saturated heterocycles. The van der Waals surface area contributed by atoms with Crippen molar-refractivity contribution in [3.05, 3.63) is 32.9 Å². The lowest BCUT2D eigenvalue weighted by Gasteiger charge is -1.96. The molecule has 2 heterocycles. The van der Waals surface area contributed by atoms with Crippen molar-refractivity contribution in [2.45, 2.75) is 26.5 Å². The molecule has 0 unspecified atom stereocenters. The van der Waals surface area contributed by atoms with Crippen LogP contribution in [0.25, 0.3) is 9.40 Å². The van der Waals surface area contributed by atoms with Gasteiger partial charge in [-0.15, -0.1) is 34.4 Å². The fourth-order valence-corrected chi connectivity index (χ4v) is 4.52. The van der Waals surface area contributed by atoms with Gasteiger partial charge < -0.3 is 0 Å². The minimum absolute atomic E-state index is 1.11. The van der Waals surface area contributed by atoms with Gasteiger partial charge in [-0.2, -0.15) is 0 Å². The summed E-state index contributed by atoms with van der Waals surface area (Å²) in [6, 6.07) is 4.63. The van der Waals surface area contributed by atoms with Crippen molar-refractivity contribution in [3.8, 4) is 0 Å². The molecule has 80 valence electrons. The summed E-state index contributed by atoms with van der Waals surface area (Å²) in [5.41, 5.74) is 0. The fraction of sp³-hybridized carbons (Fsp3) is 0.333. The van der Waals surface area contributed by atoms with Gasteiger partial charge >= 0.3 is 0 Å². The number of rotatable bonds is 3. The summed E-state index contributed by atoms with van der Waals surface area (Å²) < 4.78 is 2.90. The van der Waals surface area contributed by atoms with E-state index in [0.29, 0.717) is 0 Å². The van der Waals surface area contributed by atoms with E-state index in [1.807, 2.05) is 34.4 Å². The highest BCUT2D eigenvalue weighted by atomic mass is 32.2. The Labute approximate surface area is 103 Å². The lowest BCUT2D eigenvalue weighted by molar-refractivity contribution is 1.53. The molecule has 2 aromatic heterocycles. The standard InChI is InChI=1S/C12H14S3/c1-4-8(2)13-7-10-6-12-11(15-10)5-9(3)14-12/h4-6H,7H2,1-3H3. The van der Waals surface area contributed by atoms with Crippen LogP contribution in [0, 0.1) is 6.92 Å². The van der Waals surface area contributed by atoms with E-state index >= 15 is 0 Å². The van der Waals surface area contributed by atoms with Gasteiger partial charge in [0.25, 0.3) is 0 Å². The van der Waals surface area contributed by atoms with E-state index in [4.69, 9.17) is 0 Å². The quantitative estimate of drug-likeness (QED) is 0.704. The third-order valence-electron chi connectivity index (χ3n) is 2.23. The molecule has 0 aromatic carbocycles. The Morgan fingerprint density at radius 3 is 2.73 bits per heavy atom. The number of hydrogen-bond donors (Lipinski definition) is 0. The highest BCUT2D eigenvalue weighted by molar-refractivity contribution is 8.02. The number of fused-ring (bicyclic) bond motifs is 1. The average molecular weight is 254 g/mol. The van der Waals surface area contributed by atoms with E-state index in [9.17, 15) is 0 Å². The summed E-state index contributed by atoms with van der Waals surface area (Å²) in [6.07, 6.45) is 2.17. The zero-order chi connectivity index (χ0) is 10.8. The third kappa shape index (κ3) is 2.65. The second-order valence-electron chi connectivity index (χ2n) is 3.49. The van der Waals surface area contributed by atoms with E-state index in [1.54, 1.807) is 0 Å². The molecule has 0 amide bonds. The lowest BCUT2D eigenvalue weighted by Crippen LogP contribution is -1.72. The monoisotopic (exact) mass is 254 g/mol. The van der Waals surface area contributed by atoms with Crippen LogP contribution in [0.15, 0.2) is 23.1 Å². The average Bonchev–Trinajstić information content (AvgIpc) is 2.70. The Morgan fingerprint density at radius 2 is 2.07 bits per heavy atom. The van der Waals surface area contributed by atoms with Crippen LogP contribution in [-0.2, 0) is 5.75 Å². The number of hydrogen-bond acceptors (Lipinski definition) is 3. The molecule has 3 heteroatoms. The summed E-state index contributed by atoms with van der Waals surface area (Å²) in [7, 11) is 0. The van der Waals surface area contributed by atoms with Gasteiger partial charge in [0, 0.05) is 24.9 Å². The SMILES string of the molecule is CC=C(C)SCc1cc2sc(C)cc2s1. The van der Waals surface area contributed by atoms with E-state index in [-0.39, 0.29) is 0 Å². The van der Waals surface area contributed by atoms with Crippen molar-refractivity contribution in [2.24, 2.45) is 0 Å². The number of thiophene rings is 2. The normalized spacial score (nSPS) is 12.6. The Hall–Kier alpha value is -0.250. The van der Waals surface area contributed by atoms with Gasteiger partial charge in [0.05, 0.1) is 0 Å². The van der Waals surface area contributed by atoms with Gasteiger partial charge in [0.1, 0.15) is 0 Å². The van der Waals surface area contributed by atoms with Crippen LogP contribution < -0.4 is 0 Å². The van der Waals surface area contributed by atoms with Crippen molar-refractivity contribution in [2.75, 3.05) is 0 Å². The molecule has 0 bridgehead atoms. The molecule has 15 heavy (non-hydrogen) atoms. The summed E-state index contributed by atoms with van der Waals surface area (Å²) in [6.45, 7) is 6.44. The van der Waals surface area contributed by atoms with Crippen molar-refractivity contribution < 1.29 is 0 Å². The van der Waals surface area contributed by atoms with Crippen LogP contribution in [0.4, 0.5) is 0 Å². The maximum Gasteiger partial charge on any atom is 0.0456 e. The minimum atomic E-state index is 1.11. The third-order valence-corrected chi connectivity index (χ3v) is 5.77. The molecule has 2 rings (SSSR count). The van der Waals surface area contributed by atoms with Crippen LogP contribution in [0.2, 0.25) is 0 Å². The van der Waals surface area contributed by atoms with Gasteiger partial charge in [-0.3, -0.25) is 0 Å². The van der Waals surface area contributed by atoms with E-state index in [2.05, 4.69) is 39.0 Å². The predicted octanol–water partition coefficient (Wildman–Crippen LogP) is 5.43. The van der Waals surface area contributed by atoms with Gasteiger partial charge in [-0.05, 0) is 37.8 Å². The van der Waals surface area contributed by atoms with Gasteiger partial charge in [-0.25, -0.2) is 0 Å². The maximum atomic E-state index is 2.34. The first-order valence-electron chi connectivity index (χ1n) is 4.93. The first-order chi connectivity index (χ1) is 7.19.